The highest BCUT2D eigenvalue weighted by Gasteiger charge is 2.43. The van der Waals surface area contributed by atoms with E-state index in [1.54, 1.807) is 12.3 Å². The Balaban J connectivity index is 2.19. The summed E-state index contributed by atoms with van der Waals surface area (Å²) in [4.78, 5) is 12.1. The first-order valence-corrected chi connectivity index (χ1v) is 5.88. The van der Waals surface area contributed by atoms with E-state index in [1.165, 1.54) is 0 Å². The minimum absolute atomic E-state index is 0.00336. The third-order valence-corrected chi connectivity index (χ3v) is 3.19. The number of nitrogens with zero attached hydrogens (tertiary/aromatic N) is 1. The van der Waals surface area contributed by atoms with Gasteiger partial charge in [0.15, 0.2) is 0 Å². The number of nitrogens with two attached hydrogens (primary N) is 1. The van der Waals surface area contributed by atoms with Crippen LogP contribution >= 0.6 is 0 Å². The maximum Gasteiger partial charge on any atom is 0.268 e. The highest BCUT2D eigenvalue weighted by Crippen LogP contribution is 2.35. The van der Waals surface area contributed by atoms with Crippen molar-refractivity contribution >= 4 is 11.6 Å². The topological polar surface area (TPSA) is 80.3 Å². The highest BCUT2D eigenvalue weighted by molar-refractivity contribution is 5.94. The van der Waals surface area contributed by atoms with Gasteiger partial charge in [-0.15, -0.1) is 0 Å². The molecule has 0 spiro atoms. The summed E-state index contributed by atoms with van der Waals surface area (Å²) >= 11 is 0. The lowest BCUT2D eigenvalue weighted by Gasteiger charge is -2.17. The Labute approximate surface area is 101 Å². The van der Waals surface area contributed by atoms with Crippen LogP contribution in [0.25, 0.3) is 0 Å². The van der Waals surface area contributed by atoms with E-state index in [0.717, 1.165) is 12.8 Å². The van der Waals surface area contributed by atoms with Crippen LogP contribution in [0.15, 0.2) is 12.3 Å². The number of rotatable bonds is 4. The number of hydrogen-bond donors (Lipinski definition) is 3. The van der Waals surface area contributed by atoms with Gasteiger partial charge in [-0.3, -0.25) is 4.79 Å². The van der Waals surface area contributed by atoms with E-state index >= 15 is 0 Å². The first-order valence-electron chi connectivity index (χ1n) is 5.88. The van der Waals surface area contributed by atoms with Gasteiger partial charge >= 0.3 is 0 Å². The molecular weight excluding hydrogens is 218 g/mol. The molecule has 0 unspecified atom stereocenters. The molecule has 2 rings (SSSR count). The standard InChI is InChI=1S/C12H19N3O2/c1-8(2)15-6-9(13)5-10(15)11(17)14-12(7-16)3-4-12/h5-6,8,16H,3-4,7,13H2,1-2H3,(H,14,17). The number of carbonyl (C=O) groups excluding carboxylic acids is 1. The predicted octanol–water partition coefficient (Wildman–Crippen LogP) is 0.906. The number of amides is 1. The average molecular weight is 237 g/mol. The number of nitrogens with one attached hydrogen (secondary N) is 1. The lowest BCUT2D eigenvalue weighted by molar-refractivity contribution is 0.0896. The molecule has 0 atom stereocenters. The minimum atomic E-state index is -0.391. The Bertz CT molecular complexity index is 433. The van der Waals surface area contributed by atoms with Gasteiger partial charge in [0, 0.05) is 12.2 Å². The molecule has 1 aromatic heterocycles. The van der Waals surface area contributed by atoms with Crippen molar-refractivity contribution in [3.05, 3.63) is 18.0 Å². The van der Waals surface area contributed by atoms with Gasteiger partial charge in [-0.2, -0.15) is 0 Å². The third-order valence-electron chi connectivity index (χ3n) is 3.19. The molecule has 0 radical (unpaired) electrons. The number of aliphatic hydroxyl groups excluding tert-OH is 1. The molecule has 5 nitrogen and oxygen atoms in total. The number of aliphatic hydroxyl groups is 1. The van der Waals surface area contributed by atoms with Crippen molar-refractivity contribution in [2.75, 3.05) is 12.3 Å². The van der Waals surface area contributed by atoms with Crippen molar-refractivity contribution in [2.45, 2.75) is 38.3 Å². The van der Waals surface area contributed by atoms with Crippen LogP contribution in [0, 0.1) is 0 Å². The zero-order valence-electron chi connectivity index (χ0n) is 10.2. The minimum Gasteiger partial charge on any atom is -0.397 e. The van der Waals surface area contributed by atoms with Gasteiger partial charge in [-0.25, -0.2) is 0 Å². The third kappa shape index (κ3) is 2.29. The second kappa shape index (κ2) is 4.07. The molecule has 5 heteroatoms. The quantitative estimate of drug-likeness (QED) is 0.728. The van der Waals surface area contributed by atoms with E-state index in [9.17, 15) is 9.90 Å². The summed E-state index contributed by atoms with van der Waals surface area (Å²) in [7, 11) is 0. The SMILES string of the molecule is CC(C)n1cc(N)cc1C(=O)NC1(CO)CC1. The van der Waals surface area contributed by atoms with E-state index in [2.05, 4.69) is 5.32 Å². The summed E-state index contributed by atoms with van der Waals surface area (Å²) in [6.45, 7) is 3.99. The second-order valence-corrected chi connectivity index (χ2v) is 5.05. The zero-order valence-corrected chi connectivity index (χ0v) is 10.2. The van der Waals surface area contributed by atoms with Crippen LogP contribution in [-0.2, 0) is 0 Å². The Morgan fingerprint density at radius 2 is 2.29 bits per heavy atom. The summed E-state index contributed by atoms with van der Waals surface area (Å²) in [5.41, 5.74) is 6.46. The van der Waals surface area contributed by atoms with Crippen molar-refractivity contribution in [2.24, 2.45) is 0 Å². The summed E-state index contributed by atoms with van der Waals surface area (Å²) < 4.78 is 1.85. The molecule has 1 aromatic rings. The van der Waals surface area contributed by atoms with Gasteiger partial charge < -0.3 is 20.7 Å². The lowest BCUT2D eigenvalue weighted by Crippen LogP contribution is -2.40. The smallest absolute Gasteiger partial charge is 0.268 e. The fourth-order valence-corrected chi connectivity index (χ4v) is 1.89. The largest absolute Gasteiger partial charge is 0.397 e. The first kappa shape index (κ1) is 12.0. The van der Waals surface area contributed by atoms with Crippen molar-refractivity contribution in [3.8, 4) is 0 Å². The van der Waals surface area contributed by atoms with Crippen LogP contribution in [0.4, 0.5) is 5.69 Å². The molecule has 4 N–H and O–H groups in total. The maximum absolute atomic E-state index is 12.1. The van der Waals surface area contributed by atoms with Crippen LogP contribution in [0.2, 0.25) is 0 Å². The van der Waals surface area contributed by atoms with Crippen LogP contribution in [0.5, 0.6) is 0 Å². The summed E-state index contributed by atoms with van der Waals surface area (Å²) in [6.07, 6.45) is 3.44. The predicted molar refractivity (Wildman–Crippen MR) is 65.7 cm³/mol. The first-order chi connectivity index (χ1) is 7.97. The molecule has 1 saturated carbocycles. The van der Waals surface area contributed by atoms with Gasteiger partial charge in [-0.1, -0.05) is 0 Å². The molecule has 1 aliphatic rings. The maximum atomic E-state index is 12.1. The Morgan fingerprint density at radius 1 is 1.65 bits per heavy atom. The summed E-state index contributed by atoms with van der Waals surface area (Å²) in [5, 5.41) is 12.1. The molecule has 1 amide bonds. The molecule has 0 saturated heterocycles. The van der Waals surface area contributed by atoms with Crippen LogP contribution < -0.4 is 11.1 Å². The average Bonchev–Trinajstić information content (AvgIpc) is 2.92. The van der Waals surface area contributed by atoms with Gasteiger partial charge in [0.1, 0.15) is 5.69 Å². The Morgan fingerprint density at radius 3 is 2.76 bits per heavy atom. The number of hydrogen-bond acceptors (Lipinski definition) is 3. The highest BCUT2D eigenvalue weighted by atomic mass is 16.3. The Kier molecular flexibility index (Phi) is 2.87. The van der Waals surface area contributed by atoms with Crippen molar-refractivity contribution in [3.63, 3.8) is 0 Å². The molecule has 0 bridgehead atoms. The zero-order chi connectivity index (χ0) is 12.6. The second-order valence-electron chi connectivity index (χ2n) is 5.05. The van der Waals surface area contributed by atoms with Gasteiger partial charge in [0.05, 0.1) is 17.8 Å². The van der Waals surface area contributed by atoms with Crippen LogP contribution in [0.3, 0.4) is 0 Å². The summed E-state index contributed by atoms with van der Waals surface area (Å²) in [5.74, 6) is -0.165. The van der Waals surface area contributed by atoms with E-state index in [-0.39, 0.29) is 18.6 Å². The number of nitrogen functional groups attached to an aromatic ring is 1. The molecule has 0 aliphatic heterocycles. The van der Waals surface area contributed by atoms with Gasteiger partial charge in [0.2, 0.25) is 0 Å². The molecule has 94 valence electrons. The van der Waals surface area contributed by atoms with Gasteiger partial charge in [-0.05, 0) is 32.8 Å². The monoisotopic (exact) mass is 237 g/mol. The molecule has 1 heterocycles. The molecular formula is C12H19N3O2. The molecule has 17 heavy (non-hydrogen) atoms. The molecule has 0 aromatic carbocycles. The number of anilines is 1. The van der Waals surface area contributed by atoms with Crippen molar-refractivity contribution in [1.82, 2.24) is 9.88 Å². The fourth-order valence-electron chi connectivity index (χ4n) is 1.89. The number of carbonyl (C=O) groups is 1. The van der Waals surface area contributed by atoms with Gasteiger partial charge in [0.25, 0.3) is 5.91 Å². The fraction of sp³-hybridized carbons (Fsp3) is 0.583. The summed E-state index contributed by atoms with van der Waals surface area (Å²) in [6, 6.07) is 1.85. The molecule has 1 aliphatic carbocycles. The van der Waals surface area contributed by atoms with E-state index in [1.807, 2.05) is 18.4 Å². The van der Waals surface area contributed by atoms with E-state index in [0.29, 0.717) is 11.4 Å². The van der Waals surface area contributed by atoms with Crippen LogP contribution in [-0.4, -0.2) is 27.7 Å². The number of aromatic nitrogens is 1. The molecule has 1 fully saturated rings. The van der Waals surface area contributed by atoms with Crippen molar-refractivity contribution in [1.29, 1.82) is 0 Å². The Hall–Kier alpha value is -1.49. The van der Waals surface area contributed by atoms with Crippen LogP contribution in [0.1, 0.15) is 43.2 Å². The normalized spacial score (nSPS) is 17.2. The lowest BCUT2D eigenvalue weighted by atomic mass is 10.2. The van der Waals surface area contributed by atoms with Crippen molar-refractivity contribution < 1.29 is 9.90 Å². The van der Waals surface area contributed by atoms with E-state index < -0.39 is 5.54 Å². The van der Waals surface area contributed by atoms with E-state index in [4.69, 9.17) is 5.73 Å².